The maximum Gasteiger partial charge on any atom is 0.276 e. The molecular weight excluding hydrogens is 261 g/mol. The summed E-state index contributed by atoms with van der Waals surface area (Å²) in [6, 6.07) is 5.70. The largest absolute Gasteiger partial charge is 0.384 e. The van der Waals surface area contributed by atoms with E-state index in [1.165, 1.54) is 22.9 Å². The number of anilines is 1. The average Bonchev–Trinajstić information content (AvgIpc) is 2.85. The van der Waals surface area contributed by atoms with Gasteiger partial charge in [0, 0.05) is 18.9 Å². The Balaban J connectivity index is 2.14. The second-order valence-electron chi connectivity index (χ2n) is 3.98. The zero-order chi connectivity index (χ0) is 14.5. The van der Waals surface area contributed by atoms with Gasteiger partial charge in [0.15, 0.2) is 5.69 Å². The first-order valence-electron chi connectivity index (χ1n) is 5.80. The van der Waals surface area contributed by atoms with Crippen molar-refractivity contribution in [3.63, 3.8) is 0 Å². The maximum absolute atomic E-state index is 13.7. The molecule has 20 heavy (non-hydrogen) atoms. The lowest BCUT2D eigenvalue weighted by atomic mass is 10.2. The topological polar surface area (TPSA) is 67.2 Å². The van der Waals surface area contributed by atoms with Crippen LogP contribution in [0.15, 0.2) is 30.5 Å². The summed E-state index contributed by atoms with van der Waals surface area (Å²) in [4.78, 5) is 11.8. The van der Waals surface area contributed by atoms with Gasteiger partial charge in [-0.2, -0.15) is 5.10 Å². The lowest BCUT2D eigenvalue weighted by molar-refractivity contribution is 0.102. The average molecular weight is 273 g/mol. The summed E-state index contributed by atoms with van der Waals surface area (Å²) in [5.41, 5.74) is 0.722. The van der Waals surface area contributed by atoms with Crippen molar-refractivity contribution >= 4 is 11.6 Å². The van der Waals surface area contributed by atoms with Crippen molar-refractivity contribution in [1.29, 1.82) is 0 Å². The van der Waals surface area contributed by atoms with Gasteiger partial charge < -0.3 is 10.4 Å². The lowest BCUT2D eigenvalue weighted by Crippen LogP contribution is -2.13. The maximum atomic E-state index is 13.7. The number of hydrogen-bond donors (Lipinski definition) is 2. The number of amides is 1. The van der Waals surface area contributed by atoms with Gasteiger partial charge in [-0.3, -0.25) is 9.48 Å². The van der Waals surface area contributed by atoms with Gasteiger partial charge in [0.1, 0.15) is 12.4 Å². The van der Waals surface area contributed by atoms with E-state index in [0.717, 1.165) is 0 Å². The van der Waals surface area contributed by atoms with Crippen LogP contribution in [0.3, 0.4) is 0 Å². The quantitative estimate of drug-likeness (QED) is 0.807. The van der Waals surface area contributed by atoms with Crippen molar-refractivity contribution < 1.29 is 14.3 Å². The summed E-state index contributed by atoms with van der Waals surface area (Å²) in [5.74, 6) is 3.85. The number of carbonyl (C=O) groups is 1. The van der Waals surface area contributed by atoms with Crippen LogP contribution in [0.4, 0.5) is 10.1 Å². The highest BCUT2D eigenvalue weighted by Gasteiger charge is 2.10. The Kier molecular flexibility index (Phi) is 4.13. The number of aromatic nitrogens is 2. The first-order valence-corrected chi connectivity index (χ1v) is 5.80. The van der Waals surface area contributed by atoms with E-state index in [1.807, 2.05) is 0 Å². The monoisotopic (exact) mass is 273 g/mol. The number of nitrogens with one attached hydrogen (secondary N) is 1. The van der Waals surface area contributed by atoms with Crippen LogP contribution in [0.25, 0.3) is 0 Å². The van der Waals surface area contributed by atoms with E-state index < -0.39 is 11.7 Å². The number of hydrogen-bond acceptors (Lipinski definition) is 3. The molecule has 0 fully saturated rings. The first-order chi connectivity index (χ1) is 9.60. The van der Waals surface area contributed by atoms with Crippen molar-refractivity contribution in [2.24, 2.45) is 7.05 Å². The van der Waals surface area contributed by atoms with Gasteiger partial charge in [-0.05, 0) is 24.3 Å². The summed E-state index contributed by atoms with van der Waals surface area (Å²) in [6.45, 7) is -0.336. The van der Waals surface area contributed by atoms with E-state index in [4.69, 9.17) is 5.11 Å². The number of rotatable bonds is 2. The SMILES string of the molecule is Cn1ccc(C(=O)Nc2ccc(C#CCO)c(F)c2)n1. The Morgan fingerprint density at radius 1 is 1.50 bits per heavy atom. The molecule has 1 heterocycles. The standard InChI is InChI=1S/C14H12FN3O2/c1-18-7-6-13(17-18)14(20)16-11-5-4-10(3-2-8-19)12(15)9-11/h4-7,9,19H,8H2,1H3,(H,16,20). The van der Waals surface area contributed by atoms with Crippen LogP contribution in [0, 0.1) is 17.7 Å². The molecule has 0 aliphatic heterocycles. The van der Waals surface area contributed by atoms with Crippen LogP contribution in [-0.4, -0.2) is 27.4 Å². The Labute approximate surface area is 115 Å². The molecule has 0 unspecified atom stereocenters. The Morgan fingerprint density at radius 3 is 2.90 bits per heavy atom. The molecule has 0 atom stereocenters. The number of aliphatic hydroxyl groups is 1. The zero-order valence-electron chi connectivity index (χ0n) is 10.7. The van der Waals surface area contributed by atoms with Crippen molar-refractivity contribution in [2.45, 2.75) is 0 Å². The molecular formula is C14H12FN3O2. The van der Waals surface area contributed by atoms with E-state index in [1.54, 1.807) is 19.3 Å². The molecule has 1 aromatic heterocycles. The summed E-state index contributed by atoms with van der Waals surface area (Å²) in [6.07, 6.45) is 1.64. The lowest BCUT2D eigenvalue weighted by Gasteiger charge is -2.04. The molecule has 2 rings (SSSR count). The Bertz CT molecular complexity index is 698. The molecule has 2 N–H and O–H groups in total. The number of halogens is 1. The van der Waals surface area contributed by atoms with Gasteiger partial charge >= 0.3 is 0 Å². The van der Waals surface area contributed by atoms with Crippen LogP contribution in [0.1, 0.15) is 16.1 Å². The van der Waals surface area contributed by atoms with E-state index in [9.17, 15) is 9.18 Å². The second kappa shape index (κ2) is 5.99. The van der Waals surface area contributed by atoms with E-state index in [-0.39, 0.29) is 17.9 Å². The zero-order valence-corrected chi connectivity index (χ0v) is 10.7. The van der Waals surface area contributed by atoms with Crippen LogP contribution in [-0.2, 0) is 7.05 Å². The van der Waals surface area contributed by atoms with Gasteiger partial charge in [0.2, 0.25) is 0 Å². The molecule has 102 valence electrons. The third kappa shape index (κ3) is 3.22. The third-order valence-corrected chi connectivity index (χ3v) is 2.48. The highest BCUT2D eigenvalue weighted by Crippen LogP contribution is 2.14. The molecule has 2 aromatic rings. The highest BCUT2D eigenvalue weighted by molar-refractivity contribution is 6.02. The minimum absolute atomic E-state index is 0.162. The normalized spacial score (nSPS) is 9.75. The predicted molar refractivity (Wildman–Crippen MR) is 71.5 cm³/mol. The van der Waals surface area contributed by atoms with Crippen molar-refractivity contribution in [1.82, 2.24) is 9.78 Å². The molecule has 0 saturated heterocycles. The second-order valence-corrected chi connectivity index (χ2v) is 3.98. The number of nitrogens with zero attached hydrogens (tertiary/aromatic N) is 2. The third-order valence-electron chi connectivity index (χ3n) is 2.48. The number of benzene rings is 1. The van der Waals surface area contributed by atoms with Crippen molar-refractivity contribution in [2.75, 3.05) is 11.9 Å². The summed E-state index contributed by atoms with van der Waals surface area (Å²) >= 11 is 0. The summed E-state index contributed by atoms with van der Waals surface area (Å²) < 4.78 is 15.2. The number of aliphatic hydroxyl groups excluding tert-OH is 1. The van der Waals surface area contributed by atoms with Crippen LogP contribution in [0.5, 0.6) is 0 Å². The fourth-order valence-electron chi connectivity index (χ4n) is 1.56. The van der Waals surface area contributed by atoms with E-state index >= 15 is 0 Å². The molecule has 0 bridgehead atoms. The van der Waals surface area contributed by atoms with Crippen LogP contribution >= 0.6 is 0 Å². The van der Waals surface area contributed by atoms with Gasteiger partial charge in [-0.25, -0.2) is 4.39 Å². The molecule has 0 spiro atoms. The molecule has 0 aliphatic rings. The molecule has 0 radical (unpaired) electrons. The number of aryl methyl sites for hydroxylation is 1. The minimum Gasteiger partial charge on any atom is -0.384 e. The molecule has 5 nitrogen and oxygen atoms in total. The Morgan fingerprint density at radius 2 is 2.30 bits per heavy atom. The Hall–Kier alpha value is -2.65. The van der Waals surface area contributed by atoms with Gasteiger partial charge in [0.05, 0.1) is 5.56 Å². The smallest absolute Gasteiger partial charge is 0.276 e. The number of carbonyl (C=O) groups excluding carboxylic acids is 1. The van der Waals surface area contributed by atoms with Crippen LogP contribution < -0.4 is 5.32 Å². The minimum atomic E-state index is -0.565. The van der Waals surface area contributed by atoms with Crippen LogP contribution in [0.2, 0.25) is 0 Å². The van der Waals surface area contributed by atoms with Crippen molar-refractivity contribution in [3.8, 4) is 11.8 Å². The fourth-order valence-corrected chi connectivity index (χ4v) is 1.56. The molecule has 1 aromatic carbocycles. The molecule has 0 aliphatic carbocycles. The van der Waals surface area contributed by atoms with E-state index in [2.05, 4.69) is 22.3 Å². The fraction of sp³-hybridized carbons (Fsp3) is 0.143. The highest BCUT2D eigenvalue weighted by atomic mass is 19.1. The molecule has 0 saturated carbocycles. The van der Waals surface area contributed by atoms with Gasteiger partial charge in [0.25, 0.3) is 5.91 Å². The van der Waals surface area contributed by atoms with Gasteiger partial charge in [-0.15, -0.1) is 0 Å². The molecule has 1 amide bonds. The molecule has 6 heteroatoms. The summed E-state index contributed by atoms with van der Waals surface area (Å²) in [7, 11) is 1.70. The van der Waals surface area contributed by atoms with E-state index in [0.29, 0.717) is 5.69 Å². The first kappa shape index (κ1) is 13.8. The summed E-state index contributed by atoms with van der Waals surface area (Å²) in [5, 5.41) is 15.0. The van der Waals surface area contributed by atoms with Gasteiger partial charge in [-0.1, -0.05) is 11.8 Å². The predicted octanol–water partition coefficient (Wildman–Crippen LogP) is 1.16. The van der Waals surface area contributed by atoms with Crippen molar-refractivity contribution in [3.05, 3.63) is 47.5 Å².